The van der Waals surface area contributed by atoms with E-state index in [1.54, 1.807) is 13.8 Å². The Hall–Kier alpha value is -2.64. The average molecular weight is 476 g/mol. The van der Waals surface area contributed by atoms with Gasteiger partial charge in [-0.25, -0.2) is 22.2 Å². The smallest absolute Gasteiger partial charge is 0.294 e. The molecule has 3 N–H and O–H groups in total. The molecule has 2 aromatic rings. The molecule has 0 radical (unpaired) electrons. The molecule has 31 heavy (non-hydrogen) atoms. The molecule has 9 nitrogen and oxygen atoms in total. The first-order chi connectivity index (χ1) is 14.4. The van der Waals surface area contributed by atoms with Crippen LogP contribution in [0.4, 0.5) is 14.5 Å². The maximum absolute atomic E-state index is 12.7. The molecule has 0 saturated heterocycles. The van der Waals surface area contributed by atoms with Crippen LogP contribution in [0, 0.1) is 0 Å². The molecular formula is C18H23F2N5O4S2. The zero-order valence-electron chi connectivity index (χ0n) is 17.1. The summed E-state index contributed by atoms with van der Waals surface area (Å²) < 4.78 is 56.6. The lowest BCUT2D eigenvalue weighted by molar-refractivity contribution is 0.0739. The van der Waals surface area contributed by atoms with Crippen LogP contribution in [0.2, 0.25) is 0 Å². The standard InChI is InChI=1S/C18H23F2N5O4S2/c1-5-31(27,28)25(12-6-7-14(22-8-12)18(3,4)26)10-15-23-9-13(30-15)17(24-21)29-11(2)16(19)20/h6-9,16,26H,2,5,10,21H2,1,3-4H3/b24-17-. The predicted molar refractivity (Wildman–Crippen MR) is 114 cm³/mol. The molecule has 0 unspecified atom stereocenters. The van der Waals surface area contributed by atoms with E-state index in [9.17, 15) is 22.3 Å². The van der Waals surface area contributed by atoms with Crippen molar-refractivity contribution >= 4 is 32.9 Å². The van der Waals surface area contributed by atoms with Gasteiger partial charge in [-0.05, 0) is 32.9 Å². The van der Waals surface area contributed by atoms with Crippen LogP contribution in [-0.2, 0) is 26.9 Å². The minimum Gasteiger partial charge on any atom is -0.436 e. The van der Waals surface area contributed by atoms with Gasteiger partial charge in [0.05, 0.1) is 36.1 Å². The van der Waals surface area contributed by atoms with Crippen LogP contribution in [0.3, 0.4) is 0 Å². The zero-order chi connectivity index (χ0) is 23.4. The minimum atomic E-state index is -3.71. The Morgan fingerprint density at radius 1 is 1.39 bits per heavy atom. The number of aliphatic hydroxyl groups is 1. The van der Waals surface area contributed by atoms with Crippen LogP contribution in [0.25, 0.3) is 0 Å². The molecule has 0 spiro atoms. The van der Waals surface area contributed by atoms with Crippen molar-refractivity contribution in [2.45, 2.75) is 39.3 Å². The molecular weight excluding hydrogens is 452 g/mol. The number of thiazole rings is 1. The van der Waals surface area contributed by atoms with Crippen molar-refractivity contribution in [2.24, 2.45) is 10.9 Å². The van der Waals surface area contributed by atoms with Gasteiger partial charge < -0.3 is 15.7 Å². The number of aromatic nitrogens is 2. The fourth-order valence-electron chi connectivity index (χ4n) is 2.32. The molecule has 0 aromatic carbocycles. The van der Waals surface area contributed by atoms with Crippen molar-refractivity contribution in [3.8, 4) is 0 Å². The topological polar surface area (TPSA) is 131 Å². The second-order valence-electron chi connectivity index (χ2n) is 6.79. The van der Waals surface area contributed by atoms with Crippen LogP contribution in [0.5, 0.6) is 0 Å². The molecule has 0 amide bonds. The fraction of sp³-hybridized carbons (Fsp3) is 0.389. The molecule has 0 bridgehead atoms. The van der Waals surface area contributed by atoms with E-state index in [-0.39, 0.29) is 28.8 Å². The minimum absolute atomic E-state index is 0.141. The van der Waals surface area contributed by atoms with E-state index >= 15 is 0 Å². The number of nitrogens with zero attached hydrogens (tertiary/aromatic N) is 4. The second-order valence-corrected chi connectivity index (χ2v) is 10.1. The van der Waals surface area contributed by atoms with Gasteiger partial charge in [0.25, 0.3) is 12.3 Å². The van der Waals surface area contributed by atoms with E-state index in [0.29, 0.717) is 10.7 Å². The molecule has 0 aliphatic rings. The summed E-state index contributed by atoms with van der Waals surface area (Å²) in [5.74, 6) is 3.90. The van der Waals surface area contributed by atoms with Crippen molar-refractivity contribution in [3.63, 3.8) is 0 Å². The second kappa shape index (κ2) is 9.66. The third-order valence-electron chi connectivity index (χ3n) is 3.99. The number of anilines is 1. The molecule has 2 heterocycles. The lowest BCUT2D eigenvalue weighted by Crippen LogP contribution is -2.32. The number of hydrogen-bond donors (Lipinski definition) is 2. The average Bonchev–Trinajstić information content (AvgIpc) is 3.17. The first-order valence-corrected chi connectivity index (χ1v) is 11.4. The van der Waals surface area contributed by atoms with Crippen molar-refractivity contribution < 1.29 is 27.0 Å². The van der Waals surface area contributed by atoms with Gasteiger partial charge in [-0.15, -0.1) is 16.4 Å². The van der Waals surface area contributed by atoms with Crippen LogP contribution >= 0.6 is 11.3 Å². The molecule has 13 heteroatoms. The molecule has 0 atom stereocenters. The number of hydrogen-bond acceptors (Lipinski definition) is 9. The number of ether oxygens (including phenoxy) is 1. The summed E-state index contributed by atoms with van der Waals surface area (Å²) >= 11 is 0.977. The quantitative estimate of drug-likeness (QED) is 0.187. The van der Waals surface area contributed by atoms with E-state index in [1.165, 1.54) is 31.5 Å². The first-order valence-electron chi connectivity index (χ1n) is 8.96. The highest BCUT2D eigenvalue weighted by Gasteiger charge is 2.25. The van der Waals surface area contributed by atoms with Gasteiger partial charge in [0, 0.05) is 0 Å². The third kappa shape index (κ3) is 6.18. The van der Waals surface area contributed by atoms with E-state index in [2.05, 4.69) is 21.6 Å². The fourth-order valence-corrected chi connectivity index (χ4v) is 4.30. The Morgan fingerprint density at radius 2 is 2.06 bits per heavy atom. The molecule has 0 aliphatic heterocycles. The highest BCUT2D eigenvalue weighted by atomic mass is 32.2. The number of allylic oxidation sites excluding steroid dienone is 1. The van der Waals surface area contributed by atoms with Crippen molar-refractivity contribution in [3.05, 3.63) is 52.4 Å². The highest BCUT2D eigenvalue weighted by molar-refractivity contribution is 7.92. The monoisotopic (exact) mass is 475 g/mol. The summed E-state index contributed by atoms with van der Waals surface area (Å²) in [6.45, 7) is 7.58. The summed E-state index contributed by atoms with van der Waals surface area (Å²) in [5, 5.41) is 13.7. The number of hydrazone groups is 1. The molecule has 2 aromatic heterocycles. The number of sulfonamides is 1. The molecule has 0 saturated carbocycles. The van der Waals surface area contributed by atoms with Crippen molar-refractivity contribution in [1.82, 2.24) is 9.97 Å². The van der Waals surface area contributed by atoms with Crippen molar-refractivity contribution in [2.75, 3.05) is 10.1 Å². The largest absolute Gasteiger partial charge is 0.436 e. The van der Waals surface area contributed by atoms with Gasteiger partial charge in [-0.3, -0.25) is 9.29 Å². The molecule has 0 fully saturated rings. The van der Waals surface area contributed by atoms with Crippen LogP contribution < -0.4 is 10.1 Å². The normalized spacial score (nSPS) is 12.8. The Labute approximate surface area is 182 Å². The van der Waals surface area contributed by atoms with E-state index < -0.39 is 27.8 Å². The molecule has 0 aliphatic carbocycles. The number of alkyl halides is 2. The van der Waals surface area contributed by atoms with E-state index in [4.69, 9.17) is 10.6 Å². The van der Waals surface area contributed by atoms with Crippen molar-refractivity contribution in [1.29, 1.82) is 0 Å². The highest BCUT2D eigenvalue weighted by Crippen LogP contribution is 2.26. The summed E-state index contributed by atoms with van der Waals surface area (Å²) in [4.78, 5) is 8.50. The third-order valence-corrected chi connectivity index (χ3v) is 6.71. The van der Waals surface area contributed by atoms with Crippen LogP contribution in [0.1, 0.15) is 36.3 Å². The lowest BCUT2D eigenvalue weighted by atomic mass is 10.1. The summed E-state index contributed by atoms with van der Waals surface area (Å²) in [6, 6.07) is 3.06. The first kappa shape index (κ1) is 24.6. The summed E-state index contributed by atoms with van der Waals surface area (Å²) in [5.41, 5.74) is -0.527. The van der Waals surface area contributed by atoms with Gasteiger partial charge in [-0.1, -0.05) is 6.58 Å². The maximum Gasteiger partial charge on any atom is 0.294 e. The van der Waals surface area contributed by atoms with Gasteiger partial charge in [0.2, 0.25) is 10.0 Å². The van der Waals surface area contributed by atoms with Gasteiger partial charge in [0.1, 0.15) is 15.5 Å². The lowest BCUT2D eigenvalue weighted by Gasteiger charge is -2.23. The zero-order valence-corrected chi connectivity index (χ0v) is 18.8. The Balaban J connectivity index is 2.32. The van der Waals surface area contributed by atoms with E-state index in [1.807, 2.05) is 0 Å². The van der Waals surface area contributed by atoms with Gasteiger partial charge in [-0.2, -0.15) is 0 Å². The number of pyridine rings is 1. The van der Waals surface area contributed by atoms with Gasteiger partial charge in [0.15, 0.2) is 5.76 Å². The number of halogens is 2. The SMILES string of the molecule is C=C(O/C(=N\N)c1cnc(CN(c2ccc(C(C)(C)O)nc2)S(=O)(=O)CC)s1)C(F)F. The maximum atomic E-state index is 12.7. The van der Waals surface area contributed by atoms with Gasteiger partial charge >= 0.3 is 0 Å². The molecule has 2 rings (SSSR count). The summed E-state index contributed by atoms with van der Waals surface area (Å²) in [7, 11) is -3.71. The Bertz CT molecular complexity index is 1050. The number of nitrogens with two attached hydrogens (primary N) is 1. The Kier molecular flexibility index (Phi) is 7.68. The number of rotatable bonds is 9. The Morgan fingerprint density at radius 3 is 2.55 bits per heavy atom. The van der Waals surface area contributed by atoms with Crippen LogP contribution in [0.15, 0.2) is 42.0 Å². The summed E-state index contributed by atoms with van der Waals surface area (Å²) in [6.07, 6.45) is -0.289. The molecule has 170 valence electrons. The van der Waals surface area contributed by atoms with E-state index in [0.717, 1.165) is 15.6 Å². The van der Waals surface area contributed by atoms with Crippen LogP contribution in [-0.4, -0.2) is 41.6 Å². The predicted octanol–water partition coefficient (Wildman–Crippen LogP) is 2.54.